The van der Waals surface area contributed by atoms with Gasteiger partial charge in [-0.3, -0.25) is 4.79 Å². The van der Waals surface area contributed by atoms with Gasteiger partial charge in [-0.05, 0) is 49.2 Å². The third-order valence-electron chi connectivity index (χ3n) is 4.50. The predicted octanol–water partition coefficient (Wildman–Crippen LogP) is 4.58. The van der Waals surface area contributed by atoms with Crippen molar-refractivity contribution < 1.29 is 27.8 Å². The summed E-state index contributed by atoms with van der Waals surface area (Å²) in [6.45, 7) is -2.90. The van der Waals surface area contributed by atoms with Gasteiger partial charge in [0.05, 0.1) is 0 Å². The van der Waals surface area contributed by atoms with Gasteiger partial charge in [0.25, 0.3) is 11.7 Å². The molecular weight excluding hydrogens is 344 g/mol. The number of ether oxygens (including phenoxy) is 3. The van der Waals surface area contributed by atoms with Gasteiger partial charge in [0, 0.05) is 30.2 Å². The third-order valence-corrected chi connectivity index (χ3v) is 4.50. The second kappa shape index (κ2) is 6.48. The normalized spacial score (nSPS) is 16.9. The lowest BCUT2D eigenvalue weighted by atomic mass is 10.2. The molecule has 2 aromatic carbocycles. The Hall–Kier alpha value is -2.83. The lowest BCUT2D eigenvalue weighted by molar-refractivity contribution is -0.0716. The maximum Gasteiger partial charge on any atom is 0.387 e. The lowest BCUT2D eigenvalue weighted by Crippen LogP contribution is -2.34. The van der Waals surface area contributed by atoms with Crippen LogP contribution in [-0.4, -0.2) is 18.3 Å². The van der Waals surface area contributed by atoms with Crippen LogP contribution in [0, 0.1) is 0 Å². The highest BCUT2D eigenvalue weighted by molar-refractivity contribution is 6.04. The molecule has 1 fully saturated rings. The number of hydrogen-bond acceptors (Lipinski definition) is 4. The van der Waals surface area contributed by atoms with Crippen molar-refractivity contribution in [1.82, 2.24) is 0 Å². The van der Waals surface area contributed by atoms with E-state index in [0.717, 1.165) is 25.7 Å². The van der Waals surface area contributed by atoms with Crippen LogP contribution < -0.4 is 19.5 Å². The van der Waals surface area contributed by atoms with E-state index in [1.54, 1.807) is 18.2 Å². The number of hydrogen-bond donors (Lipinski definition) is 1. The summed E-state index contributed by atoms with van der Waals surface area (Å²) in [7, 11) is 0. The molecule has 0 saturated heterocycles. The SMILES string of the molecule is O=C(Nc1ccc2c(c1)OC1(CCCC1)O2)c1ccc(OC(F)F)cc1. The van der Waals surface area contributed by atoms with Crippen molar-refractivity contribution in [2.45, 2.75) is 38.1 Å². The van der Waals surface area contributed by atoms with Gasteiger partial charge >= 0.3 is 6.61 Å². The molecule has 136 valence electrons. The van der Waals surface area contributed by atoms with Gasteiger partial charge in [-0.1, -0.05) is 0 Å². The van der Waals surface area contributed by atoms with Crippen molar-refractivity contribution in [1.29, 1.82) is 0 Å². The van der Waals surface area contributed by atoms with E-state index in [1.807, 2.05) is 0 Å². The molecule has 1 heterocycles. The molecule has 5 nitrogen and oxygen atoms in total. The molecule has 4 rings (SSSR count). The van der Waals surface area contributed by atoms with Gasteiger partial charge < -0.3 is 19.5 Å². The molecule has 0 bridgehead atoms. The van der Waals surface area contributed by atoms with Crippen molar-refractivity contribution in [2.24, 2.45) is 0 Å². The Morgan fingerprint density at radius 3 is 2.42 bits per heavy atom. The third kappa shape index (κ3) is 3.29. The first-order valence-electron chi connectivity index (χ1n) is 8.41. The molecule has 0 atom stereocenters. The summed E-state index contributed by atoms with van der Waals surface area (Å²) < 4.78 is 40.5. The monoisotopic (exact) mass is 361 g/mol. The van der Waals surface area contributed by atoms with Crippen molar-refractivity contribution in [3.05, 3.63) is 48.0 Å². The van der Waals surface area contributed by atoms with E-state index in [0.29, 0.717) is 22.7 Å². The van der Waals surface area contributed by atoms with Crippen LogP contribution in [0.25, 0.3) is 0 Å². The van der Waals surface area contributed by atoms with Crippen molar-refractivity contribution in [2.75, 3.05) is 5.32 Å². The Bertz CT molecular complexity index is 817. The first-order chi connectivity index (χ1) is 12.5. The van der Waals surface area contributed by atoms with Crippen LogP contribution in [0.15, 0.2) is 42.5 Å². The highest BCUT2D eigenvalue weighted by atomic mass is 19.3. The van der Waals surface area contributed by atoms with Gasteiger partial charge in [0.15, 0.2) is 11.5 Å². The van der Waals surface area contributed by atoms with Gasteiger partial charge in [0.2, 0.25) is 0 Å². The molecule has 1 aliphatic carbocycles. The number of nitrogens with one attached hydrogen (secondary N) is 1. The van der Waals surface area contributed by atoms with E-state index in [-0.39, 0.29) is 11.7 Å². The second-order valence-corrected chi connectivity index (χ2v) is 6.34. The smallest absolute Gasteiger partial charge is 0.387 e. The summed E-state index contributed by atoms with van der Waals surface area (Å²) in [5.41, 5.74) is 0.900. The van der Waals surface area contributed by atoms with Crippen LogP contribution in [0.3, 0.4) is 0 Å². The Labute approximate surface area is 148 Å². The van der Waals surface area contributed by atoms with Crippen LogP contribution in [0.4, 0.5) is 14.5 Å². The standard InChI is InChI=1S/C19H17F2NO4/c20-18(21)24-14-6-3-12(4-7-14)17(23)22-13-5-8-15-16(11-13)26-19(25-15)9-1-2-10-19/h3-8,11,18H,1-2,9-10H2,(H,22,23). The molecule has 7 heteroatoms. The number of amides is 1. The summed E-state index contributed by atoms with van der Waals surface area (Å²) >= 11 is 0. The van der Waals surface area contributed by atoms with Gasteiger partial charge in [0.1, 0.15) is 5.75 Å². The fourth-order valence-corrected chi connectivity index (χ4v) is 3.28. The molecular formula is C19H17F2NO4. The molecule has 0 radical (unpaired) electrons. The largest absolute Gasteiger partial charge is 0.448 e. The highest BCUT2D eigenvalue weighted by Crippen LogP contribution is 2.47. The number of rotatable bonds is 4. The molecule has 1 amide bonds. The fourth-order valence-electron chi connectivity index (χ4n) is 3.28. The Morgan fingerprint density at radius 2 is 1.73 bits per heavy atom. The molecule has 26 heavy (non-hydrogen) atoms. The average Bonchev–Trinajstić information content (AvgIpc) is 3.20. The zero-order chi connectivity index (χ0) is 18.1. The number of fused-ring (bicyclic) bond motifs is 1. The molecule has 2 aromatic rings. The maximum absolute atomic E-state index is 12.3. The van der Waals surface area contributed by atoms with Crippen LogP contribution in [-0.2, 0) is 0 Å². The first-order valence-corrected chi connectivity index (χ1v) is 8.41. The van der Waals surface area contributed by atoms with Gasteiger partial charge in [-0.2, -0.15) is 8.78 Å². The van der Waals surface area contributed by atoms with Crippen LogP contribution in [0.1, 0.15) is 36.0 Å². The van der Waals surface area contributed by atoms with E-state index >= 15 is 0 Å². The Kier molecular flexibility index (Phi) is 4.14. The zero-order valence-corrected chi connectivity index (χ0v) is 13.8. The molecule has 1 spiro atoms. The van der Waals surface area contributed by atoms with E-state index < -0.39 is 12.4 Å². The predicted molar refractivity (Wildman–Crippen MR) is 89.9 cm³/mol. The molecule has 0 unspecified atom stereocenters. The van der Waals surface area contributed by atoms with Crippen LogP contribution in [0.2, 0.25) is 0 Å². The topological polar surface area (TPSA) is 56.8 Å². The summed E-state index contributed by atoms with van der Waals surface area (Å²) in [5.74, 6) is 0.388. The average molecular weight is 361 g/mol. The quantitative estimate of drug-likeness (QED) is 0.866. The summed E-state index contributed by atoms with van der Waals surface area (Å²) in [6, 6.07) is 10.7. The molecule has 1 N–H and O–H groups in total. The highest BCUT2D eigenvalue weighted by Gasteiger charge is 2.44. The number of halogens is 2. The van der Waals surface area contributed by atoms with Gasteiger partial charge in [-0.15, -0.1) is 0 Å². The first kappa shape index (κ1) is 16.6. The van der Waals surface area contributed by atoms with E-state index in [9.17, 15) is 13.6 Å². The van der Waals surface area contributed by atoms with Gasteiger partial charge in [-0.25, -0.2) is 0 Å². The minimum absolute atomic E-state index is 0.00138. The number of carbonyl (C=O) groups is 1. The maximum atomic E-state index is 12.3. The minimum Gasteiger partial charge on any atom is -0.448 e. The number of alkyl halides is 2. The van der Waals surface area contributed by atoms with Crippen molar-refractivity contribution in [3.8, 4) is 17.2 Å². The molecule has 1 aliphatic heterocycles. The second-order valence-electron chi connectivity index (χ2n) is 6.34. The number of benzene rings is 2. The van der Waals surface area contributed by atoms with Crippen molar-refractivity contribution >= 4 is 11.6 Å². The zero-order valence-electron chi connectivity index (χ0n) is 13.8. The Balaban J connectivity index is 1.44. The minimum atomic E-state index is -2.90. The Morgan fingerprint density at radius 1 is 1.04 bits per heavy atom. The molecule has 0 aromatic heterocycles. The molecule has 2 aliphatic rings. The fraction of sp³-hybridized carbons (Fsp3) is 0.316. The van der Waals surface area contributed by atoms with Crippen LogP contribution in [0.5, 0.6) is 17.2 Å². The molecule has 1 saturated carbocycles. The summed E-state index contributed by atoms with van der Waals surface area (Å²) in [6.07, 6.45) is 3.86. The van der Waals surface area contributed by atoms with E-state index in [4.69, 9.17) is 9.47 Å². The van der Waals surface area contributed by atoms with E-state index in [1.165, 1.54) is 24.3 Å². The van der Waals surface area contributed by atoms with Crippen molar-refractivity contribution in [3.63, 3.8) is 0 Å². The number of anilines is 1. The lowest BCUT2D eigenvalue weighted by Gasteiger charge is -2.21. The number of carbonyl (C=O) groups excluding carboxylic acids is 1. The van der Waals surface area contributed by atoms with Crippen LogP contribution >= 0.6 is 0 Å². The summed E-state index contributed by atoms with van der Waals surface area (Å²) in [4.78, 5) is 12.3. The van der Waals surface area contributed by atoms with E-state index in [2.05, 4.69) is 10.1 Å². The summed E-state index contributed by atoms with van der Waals surface area (Å²) in [5, 5.41) is 2.76.